The number of aromatic amines is 1. The van der Waals surface area contributed by atoms with Crippen LogP contribution in [0, 0.1) is 5.82 Å². The van der Waals surface area contributed by atoms with Crippen LogP contribution in [0.15, 0.2) is 36.4 Å². The van der Waals surface area contributed by atoms with Crippen molar-refractivity contribution in [3.8, 4) is 11.3 Å². The first-order valence-corrected chi connectivity index (χ1v) is 8.44. The quantitative estimate of drug-likeness (QED) is 0.710. The number of aromatic nitrogens is 1. The summed E-state index contributed by atoms with van der Waals surface area (Å²) in [4.78, 5) is 27.9. The van der Waals surface area contributed by atoms with Crippen LogP contribution in [0.4, 0.5) is 4.39 Å². The molecule has 0 saturated carbocycles. The highest BCUT2D eigenvalue weighted by atomic mass is 19.1. The van der Waals surface area contributed by atoms with Crippen LogP contribution in [-0.4, -0.2) is 35.8 Å². The number of carbonyl (C=O) groups is 2. The smallest absolute Gasteiger partial charge is 0.252 e. The van der Waals surface area contributed by atoms with Crippen LogP contribution in [0.5, 0.6) is 0 Å². The Labute approximate surface area is 149 Å². The van der Waals surface area contributed by atoms with Gasteiger partial charge in [-0.1, -0.05) is 24.3 Å². The van der Waals surface area contributed by atoms with Crippen LogP contribution >= 0.6 is 0 Å². The molecular formula is C20H18FN3O2. The zero-order valence-corrected chi connectivity index (χ0v) is 14.3. The second-order valence-electron chi connectivity index (χ2n) is 6.58. The molecule has 0 radical (unpaired) electrons. The molecule has 6 heteroatoms. The lowest BCUT2D eigenvalue weighted by atomic mass is 9.99. The Morgan fingerprint density at radius 2 is 2.00 bits per heavy atom. The molecule has 26 heavy (non-hydrogen) atoms. The van der Waals surface area contributed by atoms with Gasteiger partial charge in [-0.3, -0.25) is 9.59 Å². The van der Waals surface area contributed by atoms with Crippen LogP contribution in [0.2, 0.25) is 0 Å². The normalized spacial score (nSPS) is 13.4. The Morgan fingerprint density at radius 1 is 1.23 bits per heavy atom. The molecule has 2 heterocycles. The number of amides is 2. The fourth-order valence-electron chi connectivity index (χ4n) is 3.54. The van der Waals surface area contributed by atoms with E-state index in [0.29, 0.717) is 30.6 Å². The lowest BCUT2D eigenvalue weighted by Crippen LogP contribution is -2.23. The summed E-state index contributed by atoms with van der Waals surface area (Å²) in [6, 6.07) is 10.6. The predicted molar refractivity (Wildman–Crippen MR) is 97.3 cm³/mol. The highest BCUT2D eigenvalue weighted by Gasteiger charge is 2.23. The molecule has 0 unspecified atom stereocenters. The third-order valence-corrected chi connectivity index (χ3v) is 4.73. The van der Waals surface area contributed by atoms with E-state index in [1.165, 1.54) is 12.1 Å². The number of rotatable bonds is 4. The third-order valence-electron chi connectivity index (χ3n) is 4.73. The van der Waals surface area contributed by atoms with Gasteiger partial charge < -0.3 is 15.2 Å². The molecule has 2 N–H and O–H groups in total. The maximum absolute atomic E-state index is 13.9. The SMILES string of the molecule is CN(C=O)Cc1ccc(-c2[nH]c3cc(F)cc4c3c2CCNC4=O)cc1. The molecule has 2 amide bonds. The monoisotopic (exact) mass is 351 g/mol. The van der Waals surface area contributed by atoms with E-state index in [9.17, 15) is 14.0 Å². The van der Waals surface area contributed by atoms with Crippen LogP contribution in [0.25, 0.3) is 22.2 Å². The van der Waals surface area contributed by atoms with Gasteiger partial charge in [-0.05, 0) is 35.2 Å². The molecule has 0 atom stereocenters. The van der Waals surface area contributed by atoms with Gasteiger partial charge in [0.15, 0.2) is 0 Å². The summed E-state index contributed by atoms with van der Waals surface area (Å²) in [5, 5.41) is 3.62. The fraction of sp³-hybridized carbons (Fsp3) is 0.200. The van der Waals surface area contributed by atoms with Gasteiger partial charge in [0.1, 0.15) is 5.82 Å². The lowest BCUT2D eigenvalue weighted by molar-refractivity contribution is -0.117. The first kappa shape index (κ1) is 16.3. The van der Waals surface area contributed by atoms with E-state index >= 15 is 0 Å². The van der Waals surface area contributed by atoms with Crippen molar-refractivity contribution >= 4 is 23.2 Å². The maximum atomic E-state index is 13.9. The van der Waals surface area contributed by atoms with Crippen molar-refractivity contribution in [2.45, 2.75) is 13.0 Å². The second kappa shape index (κ2) is 6.29. The molecule has 0 saturated heterocycles. The Bertz CT molecular complexity index is 1010. The number of hydrogen-bond donors (Lipinski definition) is 2. The predicted octanol–water partition coefficient (Wildman–Crippen LogP) is 2.85. The van der Waals surface area contributed by atoms with Gasteiger partial charge in [-0.2, -0.15) is 0 Å². The first-order valence-electron chi connectivity index (χ1n) is 8.44. The summed E-state index contributed by atoms with van der Waals surface area (Å²) < 4.78 is 13.9. The Kier molecular flexibility index (Phi) is 3.95. The average Bonchev–Trinajstić information content (AvgIpc) is 2.90. The van der Waals surface area contributed by atoms with E-state index in [2.05, 4.69) is 10.3 Å². The number of benzene rings is 2. The van der Waals surface area contributed by atoms with Gasteiger partial charge in [0.05, 0.1) is 5.56 Å². The molecule has 4 rings (SSSR count). The van der Waals surface area contributed by atoms with Gasteiger partial charge in [-0.15, -0.1) is 0 Å². The molecule has 5 nitrogen and oxygen atoms in total. The summed E-state index contributed by atoms with van der Waals surface area (Å²) in [6.45, 7) is 1.05. The minimum Gasteiger partial charge on any atom is -0.354 e. The van der Waals surface area contributed by atoms with Gasteiger partial charge in [0.2, 0.25) is 6.41 Å². The van der Waals surface area contributed by atoms with Crippen molar-refractivity contribution in [3.05, 3.63) is 58.9 Å². The number of nitrogens with zero attached hydrogens (tertiary/aromatic N) is 1. The molecule has 0 aliphatic carbocycles. The molecule has 132 valence electrons. The summed E-state index contributed by atoms with van der Waals surface area (Å²) in [5.41, 5.74) is 4.92. The number of nitrogens with one attached hydrogen (secondary N) is 2. The zero-order valence-electron chi connectivity index (χ0n) is 14.3. The second-order valence-corrected chi connectivity index (χ2v) is 6.58. The summed E-state index contributed by atoms with van der Waals surface area (Å²) in [5.74, 6) is -0.679. The van der Waals surface area contributed by atoms with Crippen molar-refractivity contribution in [1.29, 1.82) is 0 Å². The van der Waals surface area contributed by atoms with Gasteiger partial charge in [-0.25, -0.2) is 4.39 Å². The Balaban J connectivity index is 1.82. The number of halogens is 1. The van der Waals surface area contributed by atoms with E-state index in [1.54, 1.807) is 11.9 Å². The van der Waals surface area contributed by atoms with E-state index in [-0.39, 0.29) is 5.91 Å². The molecule has 1 aromatic heterocycles. The standard InChI is InChI=1S/C20H18FN3O2/c1-24(11-25)10-12-2-4-13(5-3-12)19-15-6-7-22-20(26)16-8-14(21)9-17(23-19)18(15)16/h2-5,8-9,11,23H,6-7,10H2,1H3,(H,22,26). The van der Waals surface area contributed by atoms with Crippen molar-refractivity contribution < 1.29 is 14.0 Å². The molecule has 1 aliphatic rings. The topological polar surface area (TPSA) is 65.2 Å². The van der Waals surface area contributed by atoms with Crippen molar-refractivity contribution in [2.75, 3.05) is 13.6 Å². The number of carbonyl (C=O) groups excluding carboxylic acids is 2. The van der Waals surface area contributed by atoms with Crippen LogP contribution < -0.4 is 5.32 Å². The zero-order chi connectivity index (χ0) is 18.3. The molecule has 2 aromatic carbocycles. The average molecular weight is 351 g/mol. The van der Waals surface area contributed by atoms with Gasteiger partial charge >= 0.3 is 0 Å². The minimum atomic E-state index is -0.434. The van der Waals surface area contributed by atoms with E-state index in [1.807, 2.05) is 24.3 Å². The van der Waals surface area contributed by atoms with Gasteiger partial charge in [0, 0.05) is 36.7 Å². The molecule has 0 bridgehead atoms. The molecule has 1 aliphatic heterocycles. The van der Waals surface area contributed by atoms with Crippen molar-refractivity contribution in [2.24, 2.45) is 0 Å². The molecule has 0 spiro atoms. The first-order chi connectivity index (χ1) is 12.6. The van der Waals surface area contributed by atoms with Crippen molar-refractivity contribution in [1.82, 2.24) is 15.2 Å². The highest BCUT2D eigenvalue weighted by Crippen LogP contribution is 2.34. The maximum Gasteiger partial charge on any atom is 0.252 e. The Morgan fingerprint density at radius 3 is 2.73 bits per heavy atom. The molecular weight excluding hydrogens is 333 g/mol. The lowest BCUT2D eigenvalue weighted by Gasteiger charge is -2.11. The highest BCUT2D eigenvalue weighted by molar-refractivity contribution is 6.10. The molecule has 3 aromatic rings. The van der Waals surface area contributed by atoms with Crippen LogP contribution in [-0.2, 0) is 17.8 Å². The fourth-order valence-corrected chi connectivity index (χ4v) is 3.54. The number of H-pyrrole nitrogens is 1. The Hall–Kier alpha value is -3.15. The molecule has 0 fully saturated rings. The van der Waals surface area contributed by atoms with Crippen molar-refractivity contribution in [3.63, 3.8) is 0 Å². The minimum absolute atomic E-state index is 0.244. The summed E-state index contributed by atoms with van der Waals surface area (Å²) in [6.07, 6.45) is 1.47. The van der Waals surface area contributed by atoms with E-state index in [4.69, 9.17) is 0 Å². The third kappa shape index (κ3) is 2.73. The van der Waals surface area contributed by atoms with Crippen LogP contribution in [0.3, 0.4) is 0 Å². The van der Waals surface area contributed by atoms with Gasteiger partial charge in [0.25, 0.3) is 5.91 Å². The van der Waals surface area contributed by atoms with Crippen LogP contribution in [0.1, 0.15) is 21.5 Å². The summed E-state index contributed by atoms with van der Waals surface area (Å²) in [7, 11) is 1.73. The number of hydrogen-bond acceptors (Lipinski definition) is 2. The summed E-state index contributed by atoms with van der Waals surface area (Å²) >= 11 is 0. The van der Waals surface area contributed by atoms with E-state index in [0.717, 1.165) is 34.2 Å². The largest absolute Gasteiger partial charge is 0.354 e. The van der Waals surface area contributed by atoms with E-state index < -0.39 is 5.82 Å².